The molecule has 2 unspecified atom stereocenters. The van der Waals surface area contributed by atoms with Crippen LogP contribution in [-0.2, 0) is 11.7 Å². The van der Waals surface area contributed by atoms with Crippen molar-refractivity contribution in [3.05, 3.63) is 34.9 Å². The number of alkyl halides is 3. The molecule has 100 valence electrons. The Morgan fingerprint density at radius 2 is 2.00 bits per heavy atom. The van der Waals surface area contributed by atoms with E-state index in [1.807, 2.05) is 0 Å². The van der Waals surface area contributed by atoms with Gasteiger partial charge in [0.05, 0.1) is 5.56 Å². The summed E-state index contributed by atoms with van der Waals surface area (Å²) in [5.74, 6) is 0.539. The Hall–Kier alpha value is -1.03. The molecular formula is C14H18F3N. The van der Waals surface area contributed by atoms with Crippen molar-refractivity contribution >= 4 is 0 Å². The van der Waals surface area contributed by atoms with Crippen LogP contribution in [-0.4, -0.2) is 0 Å². The molecule has 0 aliphatic heterocycles. The van der Waals surface area contributed by atoms with Crippen LogP contribution < -0.4 is 5.73 Å². The Bertz CT molecular complexity index is 453. The Morgan fingerprint density at radius 3 is 2.44 bits per heavy atom. The van der Waals surface area contributed by atoms with Crippen molar-refractivity contribution in [2.75, 3.05) is 0 Å². The molecule has 2 rings (SSSR count). The maximum atomic E-state index is 12.6. The molecule has 1 aromatic rings. The summed E-state index contributed by atoms with van der Waals surface area (Å²) in [6, 6.07) is 3.89. The zero-order valence-corrected chi connectivity index (χ0v) is 10.6. The van der Waals surface area contributed by atoms with Crippen molar-refractivity contribution in [3.8, 4) is 0 Å². The highest BCUT2D eigenvalue weighted by Gasteiger charge is 2.37. The lowest BCUT2D eigenvalue weighted by Crippen LogP contribution is -2.34. The van der Waals surface area contributed by atoms with E-state index in [1.165, 1.54) is 6.07 Å². The van der Waals surface area contributed by atoms with E-state index in [1.54, 1.807) is 13.0 Å². The fourth-order valence-corrected chi connectivity index (χ4v) is 2.97. The molecule has 1 nitrogen and oxygen atoms in total. The smallest absolute Gasteiger partial charge is 0.321 e. The molecule has 18 heavy (non-hydrogen) atoms. The largest absolute Gasteiger partial charge is 0.416 e. The second-order valence-electron chi connectivity index (χ2n) is 5.53. The summed E-state index contributed by atoms with van der Waals surface area (Å²) >= 11 is 0. The van der Waals surface area contributed by atoms with E-state index in [4.69, 9.17) is 5.73 Å². The van der Waals surface area contributed by atoms with Gasteiger partial charge in [0.2, 0.25) is 0 Å². The van der Waals surface area contributed by atoms with Crippen molar-refractivity contribution in [2.45, 2.75) is 44.8 Å². The lowest BCUT2D eigenvalue weighted by atomic mass is 9.85. The fraction of sp³-hybridized carbons (Fsp3) is 0.571. The van der Waals surface area contributed by atoms with Crippen molar-refractivity contribution in [1.82, 2.24) is 0 Å². The molecule has 0 amide bonds. The van der Waals surface area contributed by atoms with E-state index < -0.39 is 17.3 Å². The summed E-state index contributed by atoms with van der Waals surface area (Å²) in [6.07, 6.45) is -1.55. The number of aryl methyl sites for hydroxylation is 1. The Balaban J connectivity index is 2.36. The molecule has 0 spiro atoms. The summed E-state index contributed by atoms with van der Waals surface area (Å²) in [6.45, 7) is 3.84. The number of halogens is 3. The first-order valence-electron chi connectivity index (χ1n) is 6.19. The maximum absolute atomic E-state index is 12.6. The normalized spacial score (nSPS) is 28.7. The van der Waals surface area contributed by atoms with Gasteiger partial charge >= 0.3 is 6.18 Å². The highest BCUT2D eigenvalue weighted by atomic mass is 19.4. The van der Waals surface area contributed by atoms with Crippen LogP contribution in [0.4, 0.5) is 13.2 Å². The number of hydrogen-bond acceptors (Lipinski definition) is 1. The van der Waals surface area contributed by atoms with Gasteiger partial charge in [0, 0.05) is 5.54 Å². The minimum atomic E-state index is -4.28. The highest BCUT2D eigenvalue weighted by Crippen LogP contribution is 2.42. The maximum Gasteiger partial charge on any atom is 0.416 e. The Kier molecular flexibility index (Phi) is 3.18. The first-order chi connectivity index (χ1) is 8.22. The van der Waals surface area contributed by atoms with E-state index in [0.29, 0.717) is 11.5 Å². The Labute approximate surface area is 105 Å². The molecule has 1 saturated carbocycles. The van der Waals surface area contributed by atoms with Gasteiger partial charge in [-0.3, -0.25) is 0 Å². The summed E-state index contributed by atoms with van der Waals surface area (Å²) < 4.78 is 37.8. The Morgan fingerprint density at radius 1 is 1.33 bits per heavy atom. The van der Waals surface area contributed by atoms with Crippen LogP contribution in [0, 0.1) is 12.8 Å². The third-order valence-corrected chi connectivity index (χ3v) is 3.89. The topological polar surface area (TPSA) is 26.0 Å². The molecule has 0 aromatic heterocycles. The minimum absolute atomic E-state index is 0.451. The van der Waals surface area contributed by atoms with E-state index in [0.717, 1.165) is 30.9 Å². The van der Waals surface area contributed by atoms with Gasteiger partial charge in [-0.25, -0.2) is 0 Å². The monoisotopic (exact) mass is 257 g/mol. The molecule has 0 bridgehead atoms. The number of benzene rings is 1. The summed E-state index contributed by atoms with van der Waals surface area (Å²) in [7, 11) is 0. The second-order valence-corrected chi connectivity index (χ2v) is 5.53. The zero-order chi connectivity index (χ0) is 13.6. The quantitative estimate of drug-likeness (QED) is 0.808. The van der Waals surface area contributed by atoms with Gasteiger partial charge in [-0.2, -0.15) is 13.2 Å². The van der Waals surface area contributed by atoms with Crippen LogP contribution in [0.25, 0.3) is 0 Å². The average Bonchev–Trinajstić information content (AvgIpc) is 2.58. The van der Waals surface area contributed by atoms with Gasteiger partial charge in [-0.1, -0.05) is 13.0 Å². The fourth-order valence-electron chi connectivity index (χ4n) is 2.97. The van der Waals surface area contributed by atoms with Gasteiger partial charge in [0.1, 0.15) is 0 Å². The second kappa shape index (κ2) is 4.26. The van der Waals surface area contributed by atoms with Crippen LogP contribution >= 0.6 is 0 Å². The van der Waals surface area contributed by atoms with E-state index in [9.17, 15) is 13.2 Å². The van der Waals surface area contributed by atoms with Gasteiger partial charge in [0.15, 0.2) is 0 Å². The average molecular weight is 257 g/mol. The first kappa shape index (κ1) is 13.4. The number of hydrogen-bond donors (Lipinski definition) is 1. The molecule has 1 aromatic carbocycles. The van der Waals surface area contributed by atoms with Crippen molar-refractivity contribution in [1.29, 1.82) is 0 Å². The molecule has 2 atom stereocenters. The third kappa shape index (κ3) is 2.39. The molecule has 1 aliphatic rings. The molecule has 4 heteroatoms. The number of rotatable bonds is 1. The molecule has 1 fully saturated rings. The molecule has 0 saturated heterocycles. The van der Waals surface area contributed by atoms with Crippen molar-refractivity contribution < 1.29 is 13.2 Å². The van der Waals surface area contributed by atoms with Crippen LogP contribution in [0.2, 0.25) is 0 Å². The summed E-state index contributed by atoms with van der Waals surface area (Å²) in [5.41, 5.74) is 6.80. The van der Waals surface area contributed by atoms with Crippen LogP contribution in [0.15, 0.2) is 18.2 Å². The van der Waals surface area contributed by atoms with E-state index in [-0.39, 0.29) is 0 Å². The standard InChI is InChI=1S/C14H18F3N/c1-9-5-6-13(18,8-9)12-4-3-11(7-10(12)2)14(15,16)17/h3-4,7,9H,5-6,8,18H2,1-2H3. The molecular weight excluding hydrogens is 239 g/mol. The SMILES string of the molecule is Cc1cc(C(F)(F)F)ccc1C1(N)CCC(C)C1. The van der Waals surface area contributed by atoms with Gasteiger partial charge in [-0.05, 0) is 55.4 Å². The lowest BCUT2D eigenvalue weighted by molar-refractivity contribution is -0.137. The number of nitrogens with two attached hydrogens (primary N) is 1. The molecule has 0 radical (unpaired) electrons. The summed E-state index contributed by atoms with van der Waals surface area (Å²) in [5, 5.41) is 0. The first-order valence-corrected chi connectivity index (χ1v) is 6.19. The predicted molar refractivity (Wildman–Crippen MR) is 65.1 cm³/mol. The minimum Gasteiger partial charge on any atom is -0.321 e. The highest BCUT2D eigenvalue weighted by molar-refractivity contribution is 5.37. The predicted octanol–water partition coefficient (Wildman–Crippen LogP) is 3.99. The van der Waals surface area contributed by atoms with Gasteiger partial charge in [-0.15, -0.1) is 0 Å². The van der Waals surface area contributed by atoms with Crippen LogP contribution in [0.5, 0.6) is 0 Å². The molecule has 1 aliphatic carbocycles. The molecule has 2 N–H and O–H groups in total. The summed E-state index contributed by atoms with van der Waals surface area (Å²) in [4.78, 5) is 0. The van der Waals surface area contributed by atoms with Crippen LogP contribution in [0.3, 0.4) is 0 Å². The zero-order valence-electron chi connectivity index (χ0n) is 10.6. The van der Waals surface area contributed by atoms with E-state index >= 15 is 0 Å². The molecule has 0 heterocycles. The van der Waals surface area contributed by atoms with E-state index in [2.05, 4.69) is 6.92 Å². The van der Waals surface area contributed by atoms with Crippen molar-refractivity contribution in [3.63, 3.8) is 0 Å². The van der Waals surface area contributed by atoms with Crippen LogP contribution in [0.1, 0.15) is 42.9 Å². The van der Waals surface area contributed by atoms with Gasteiger partial charge in [0.25, 0.3) is 0 Å². The third-order valence-electron chi connectivity index (χ3n) is 3.89. The van der Waals surface area contributed by atoms with Gasteiger partial charge < -0.3 is 5.73 Å². The van der Waals surface area contributed by atoms with Crippen molar-refractivity contribution in [2.24, 2.45) is 11.7 Å². The lowest BCUT2D eigenvalue weighted by Gasteiger charge is -2.27.